The van der Waals surface area contributed by atoms with Crippen molar-refractivity contribution in [3.63, 3.8) is 0 Å². The van der Waals surface area contributed by atoms with E-state index in [1.165, 1.54) is 5.56 Å². The molecule has 1 aromatic carbocycles. The normalized spacial score (nSPS) is 27.1. The van der Waals surface area contributed by atoms with E-state index in [1.807, 2.05) is 18.2 Å². The fraction of sp³-hybridized carbons (Fsp3) is 0.417. The van der Waals surface area contributed by atoms with Gasteiger partial charge < -0.3 is 4.74 Å². The quantitative estimate of drug-likeness (QED) is 0.684. The largest absolute Gasteiger partial charge is 0.465 e. The molecule has 74 valence electrons. The summed E-state index contributed by atoms with van der Waals surface area (Å²) >= 11 is 0. The molecule has 2 atom stereocenters. The molecule has 0 aromatic heterocycles. The van der Waals surface area contributed by atoms with Crippen LogP contribution in [0.2, 0.25) is 0 Å². The Kier molecular flexibility index (Phi) is 2.45. The van der Waals surface area contributed by atoms with Crippen molar-refractivity contribution in [3.8, 4) is 0 Å². The number of carbonyl (C=O) groups is 1. The van der Waals surface area contributed by atoms with Crippen LogP contribution in [0, 0.1) is 5.92 Å². The van der Waals surface area contributed by atoms with E-state index in [2.05, 4.69) is 12.1 Å². The fourth-order valence-electron chi connectivity index (χ4n) is 1.66. The molecular weight excluding hydrogens is 176 g/mol. The molecule has 0 spiro atoms. The number of rotatable bonds is 3. The summed E-state index contributed by atoms with van der Waals surface area (Å²) in [4.78, 5) is 11.3. The fourth-order valence-corrected chi connectivity index (χ4v) is 1.66. The van der Waals surface area contributed by atoms with Gasteiger partial charge in [-0.2, -0.15) is 0 Å². The summed E-state index contributed by atoms with van der Waals surface area (Å²) in [6.07, 6.45) is 2.22. The van der Waals surface area contributed by atoms with Gasteiger partial charge in [-0.15, -0.1) is 0 Å². The van der Waals surface area contributed by atoms with Crippen LogP contribution in [-0.2, 0) is 16.0 Å². The molecule has 1 saturated heterocycles. The van der Waals surface area contributed by atoms with Gasteiger partial charge in [-0.25, -0.2) is 0 Å². The van der Waals surface area contributed by atoms with Gasteiger partial charge in [0.1, 0.15) is 0 Å². The van der Waals surface area contributed by atoms with Gasteiger partial charge in [0.2, 0.25) is 0 Å². The van der Waals surface area contributed by atoms with Crippen LogP contribution in [0.15, 0.2) is 30.3 Å². The van der Waals surface area contributed by atoms with E-state index < -0.39 is 6.58 Å². The predicted octanol–water partition coefficient (Wildman–Crippen LogP) is 2.18. The number of cyclic esters (lactones) is 1. The molecule has 2 unspecified atom stereocenters. The summed E-state index contributed by atoms with van der Waals surface area (Å²) < 4.78 is 12.1. The minimum Gasteiger partial charge on any atom is -0.465 e. The molecule has 2 nitrogen and oxygen atoms in total. The Hall–Kier alpha value is -1.31. The predicted molar refractivity (Wildman–Crippen MR) is 53.8 cm³/mol. The third-order valence-corrected chi connectivity index (χ3v) is 2.54. The third kappa shape index (κ3) is 2.13. The summed E-state index contributed by atoms with van der Waals surface area (Å²) in [6, 6.07) is 10.1. The third-order valence-electron chi connectivity index (χ3n) is 2.54. The number of esters is 1. The molecule has 0 amide bonds. The summed E-state index contributed by atoms with van der Waals surface area (Å²) in [7, 11) is 0. The van der Waals surface area contributed by atoms with Gasteiger partial charge in [-0.05, 0) is 24.8 Å². The molecular formula is C12H14O2. The van der Waals surface area contributed by atoms with Crippen LogP contribution in [0.3, 0.4) is 0 Å². The smallest absolute Gasteiger partial charge is 0.309 e. The molecule has 2 heteroatoms. The Bertz CT molecular complexity index is 337. The van der Waals surface area contributed by atoms with Crippen molar-refractivity contribution in [1.29, 1.82) is 0 Å². The summed E-state index contributed by atoms with van der Waals surface area (Å²) in [5.41, 5.74) is 1.23. The average molecular weight is 191 g/mol. The monoisotopic (exact) mass is 191 g/mol. The van der Waals surface area contributed by atoms with Crippen LogP contribution in [0.25, 0.3) is 0 Å². The zero-order valence-corrected chi connectivity index (χ0v) is 7.98. The maximum Gasteiger partial charge on any atom is 0.309 e. The SMILES string of the molecule is [2H]C1CC(CCc2ccccc2)C(=O)O1. The minimum absolute atomic E-state index is 0.0762. The van der Waals surface area contributed by atoms with Crippen molar-refractivity contribution in [3.05, 3.63) is 35.9 Å². The lowest BCUT2D eigenvalue weighted by Gasteiger charge is -2.04. The van der Waals surface area contributed by atoms with E-state index in [-0.39, 0.29) is 11.9 Å². The number of carbonyl (C=O) groups excluding carboxylic acids is 1. The average Bonchev–Trinajstić information content (AvgIpc) is 2.56. The number of hydrogen-bond donors (Lipinski definition) is 0. The molecule has 1 aliphatic heterocycles. The van der Waals surface area contributed by atoms with E-state index in [1.54, 1.807) is 0 Å². The summed E-state index contributed by atoms with van der Waals surface area (Å²) in [5.74, 6) is -0.279. The molecule has 0 bridgehead atoms. The standard InChI is InChI=1S/C12H14O2/c13-12-11(8-9-14-12)7-6-10-4-2-1-3-5-10/h1-5,11H,6-9H2/i9D. The summed E-state index contributed by atoms with van der Waals surface area (Å²) in [6.45, 7) is -0.640. The Morgan fingerprint density at radius 3 is 2.86 bits per heavy atom. The zero-order chi connectivity index (χ0) is 10.7. The van der Waals surface area contributed by atoms with Gasteiger partial charge >= 0.3 is 5.97 Å². The van der Waals surface area contributed by atoms with Crippen molar-refractivity contribution in [1.82, 2.24) is 0 Å². The van der Waals surface area contributed by atoms with Crippen molar-refractivity contribution in [2.75, 3.05) is 6.58 Å². The van der Waals surface area contributed by atoms with Gasteiger partial charge in [0, 0.05) is 0 Å². The van der Waals surface area contributed by atoms with Gasteiger partial charge in [0.25, 0.3) is 0 Å². The van der Waals surface area contributed by atoms with Gasteiger partial charge in [-0.3, -0.25) is 4.79 Å². The second-order valence-electron chi connectivity index (χ2n) is 3.56. The van der Waals surface area contributed by atoms with E-state index in [4.69, 9.17) is 6.11 Å². The van der Waals surface area contributed by atoms with E-state index in [9.17, 15) is 4.79 Å². The molecule has 0 N–H and O–H groups in total. The molecule has 2 rings (SSSR count). The van der Waals surface area contributed by atoms with Crippen molar-refractivity contribution < 1.29 is 10.9 Å². The number of hydrogen-bond acceptors (Lipinski definition) is 2. The van der Waals surface area contributed by atoms with E-state index in [0.717, 1.165) is 12.8 Å². The summed E-state index contributed by atoms with van der Waals surface area (Å²) in [5, 5.41) is 0. The molecule has 14 heavy (non-hydrogen) atoms. The molecule has 1 fully saturated rings. The molecule has 0 aliphatic carbocycles. The van der Waals surface area contributed by atoms with E-state index >= 15 is 0 Å². The van der Waals surface area contributed by atoms with Crippen LogP contribution in [0.5, 0.6) is 0 Å². The molecule has 1 aliphatic rings. The highest BCUT2D eigenvalue weighted by Gasteiger charge is 2.25. The first kappa shape index (κ1) is 8.04. The van der Waals surface area contributed by atoms with Crippen LogP contribution >= 0.6 is 0 Å². The highest BCUT2D eigenvalue weighted by molar-refractivity contribution is 5.74. The first-order valence-electron chi connectivity index (χ1n) is 5.50. The van der Waals surface area contributed by atoms with Gasteiger partial charge in [0.05, 0.1) is 13.9 Å². The lowest BCUT2D eigenvalue weighted by molar-refractivity contribution is -0.141. The van der Waals surface area contributed by atoms with Gasteiger partial charge in [-0.1, -0.05) is 30.3 Å². The zero-order valence-electron chi connectivity index (χ0n) is 8.98. The number of ether oxygens (including phenoxy) is 1. The van der Waals surface area contributed by atoms with Crippen molar-refractivity contribution >= 4 is 5.97 Å². The van der Waals surface area contributed by atoms with Crippen molar-refractivity contribution in [2.45, 2.75) is 19.3 Å². The van der Waals surface area contributed by atoms with Crippen LogP contribution in [0.4, 0.5) is 0 Å². The first-order valence-corrected chi connectivity index (χ1v) is 4.92. The lowest BCUT2D eigenvalue weighted by Crippen LogP contribution is -2.08. The van der Waals surface area contributed by atoms with E-state index in [0.29, 0.717) is 6.42 Å². The van der Waals surface area contributed by atoms with Crippen LogP contribution < -0.4 is 0 Å². The molecule has 0 saturated carbocycles. The maximum atomic E-state index is 11.3. The Balaban J connectivity index is 1.86. The number of benzene rings is 1. The van der Waals surface area contributed by atoms with Gasteiger partial charge in [0.15, 0.2) is 0 Å². The second kappa shape index (κ2) is 4.27. The molecule has 0 radical (unpaired) electrons. The highest BCUT2D eigenvalue weighted by Crippen LogP contribution is 2.20. The van der Waals surface area contributed by atoms with Crippen LogP contribution in [-0.4, -0.2) is 12.6 Å². The van der Waals surface area contributed by atoms with Crippen LogP contribution in [0.1, 0.15) is 19.8 Å². The first-order chi connectivity index (χ1) is 7.25. The maximum absolute atomic E-state index is 11.3. The minimum atomic E-state index is -0.640. The molecule has 1 heterocycles. The van der Waals surface area contributed by atoms with Crippen molar-refractivity contribution in [2.24, 2.45) is 5.92 Å². The lowest BCUT2D eigenvalue weighted by atomic mass is 9.98. The Morgan fingerprint density at radius 2 is 2.21 bits per heavy atom. The Labute approximate surface area is 85.3 Å². The molecule has 1 aromatic rings. The highest BCUT2D eigenvalue weighted by atomic mass is 16.5. The Morgan fingerprint density at radius 1 is 1.43 bits per heavy atom. The topological polar surface area (TPSA) is 26.3 Å². The second-order valence-corrected chi connectivity index (χ2v) is 3.56. The number of aryl methyl sites for hydroxylation is 1.